The van der Waals surface area contributed by atoms with Crippen molar-refractivity contribution < 1.29 is 60.2 Å². The van der Waals surface area contributed by atoms with Gasteiger partial charge in [0.2, 0.25) is 15.9 Å². The summed E-state index contributed by atoms with van der Waals surface area (Å²) in [6.07, 6.45) is 8.50. The average molecular weight is 1150 g/mol. The number of aliphatic hydroxyl groups is 9. The van der Waals surface area contributed by atoms with Crippen LogP contribution in [0.2, 0.25) is 15.9 Å². The zero-order valence-electron chi connectivity index (χ0n) is 43.0. The van der Waals surface area contributed by atoms with E-state index >= 15 is 0 Å². The number of fused-ring (bicyclic) bond motifs is 3. The lowest BCUT2D eigenvalue weighted by molar-refractivity contribution is -0.0950. The van der Waals surface area contributed by atoms with Crippen LogP contribution in [0.5, 0.6) is 0 Å². The number of hydrogen-bond acceptors (Lipinski definition) is 24. The maximum atomic E-state index is 10.7. The van der Waals surface area contributed by atoms with Gasteiger partial charge in [-0.15, -0.1) is 0 Å². The van der Waals surface area contributed by atoms with E-state index in [-0.39, 0.29) is 15.9 Å². The van der Waals surface area contributed by atoms with Gasteiger partial charge in [0.05, 0.1) is 38.8 Å². The predicted octanol–water partition coefficient (Wildman–Crippen LogP) is 2.51. The lowest BCUT2D eigenvalue weighted by Crippen LogP contribution is -2.44. The van der Waals surface area contributed by atoms with Gasteiger partial charge in [-0.25, -0.2) is 15.0 Å². The molecule has 30 heteroatoms. The van der Waals surface area contributed by atoms with Crippen molar-refractivity contribution in [2.75, 3.05) is 35.8 Å². The van der Waals surface area contributed by atoms with E-state index < -0.39 is 91.9 Å². The molecule has 12 N–H and O–H groups in total. The molecule has 0 aromatic carbocycles. The number of imidazole rings is 3. The first-order chi connectivity index (χ1) is 37.2. The van der Waals surface area contributed by atoms with Crippen LogP contribution in [0.3, 0.4) is 0 Å². The molecule has 0 bridgehead atoms. The number of nitrogens with zero attached hydrogens (tertiary/aromatic N) is 12. The summed E-state index contributed by atoms with van der Waals surface area (Å²) in [6, 6.07) is 0.960. The monoisotopic (exact) mass is 1150 g/mol. The van der Waals surface area contributed by atoms with Gasteiger partial charge < -0.3 is 76.1 Å². The van der Waals surface area contributed by atoms with E-state index in [0.29, 0.717) is 69.1 Å². The molecule has 0 amide bonds. The van der Waals surface area contributed by atoms with Gasteiger partial charge in [-0.2, -0.15) is 29.9 Å². The molecular weight excluding hydrogens is 1080 g/mol. The van der Waals surface area contributed by atoms with Crippen LogP contribution >= 0.6 is 34.8 Å². The molecule has 6 aromatic heterocycles. The lowest BCUT2D eigenvalue weighted by atomic mass is 9.96. The molecule has 0 unspecified atom stereocenters. The van der Waals surface area contributed by atoms with Crippen molar-refractivity contribution >= 4 is 85.7 Å². The van der Waals surface area contributed by atoms with Gasteiger partial charge in [0.1, 0.15) is 53.4 Å². The van der Waals surface area contributed by atoms with Crippen LogP contribution in [0, 0.1) is 0 Å². The molecule has 78 heavy (non-hydrogen) atoms. The van der Waals surface area contributed by atoms with E-state index in [1.165, 1.54) is 92.0 Å². The number of anilines is 3. The fourth-order valence-electron chi connectivity index (χ4n) is 11.4. The van der Waals surface area contributed by atoms with Gasteiger partial charge in [-0.3, -0.25) is 13.7 Å². The van der Waals surface area contributed by atoms with Gasteiger partial charge in [-0.05, 0) is 94.1 Å². The van der Waals surface area contributed by atoms with Crippen LogP contribution in [0.4, 0.5) is 17.5 Å². The summed E-state index contributed by atoms with van der Waals surface area (Å²) >= 11 is 18.3. The molecule has 12 atom stereocenters. The molecule has 6 aromatic rings. The van der Waals surface area contributed by atoms with Crippen molar-refractivity contribution in [3.05, 3.63) is 34.8 Å². The van der Waals surface area contributed by atoms with Gasteiger partial charge in [0.25, 0.3) is 0 Å². The predicted molar refractivity (Wildman–Crippen MR) is 282 cm³/mol. The van der Waals surface area contributed by atoms with Gasteiger partial charge in [-0.1, -0.05) is 38.5 Å². The minimum atomic E-state index is -1.63. The molecule has 3 aliphatic heterocycles. The van der Waals surface area contributed by atoms with Crippen LogP contribution < -0.4 is 16.0 Å². The lowest BCUT2D eigenvalue weighted by Gasteiger charge is -2.27. The van der Waals surface area contributed by atoms with E-state index in [1.807, 2.05) is 0 Å². The Balaban J connectivity index is 0.000000132. The Morgan fingerprint density at radius 2 is 0.705 bits per heavy atom. The van der Waals surface area contributed by atoms with Crippen molar-refractivity contribution in [2.24, 2.45) is 0 Å². The summed E-state index contributed by atoms with van der Waals surface area (Å²) in [5, 5.41) is 101. The van der Waals surface area contributed by atoms with Crippen molar-refractivity contribution in [3.63, 3.8) is 0 Å². The highest BCUT2D eigenvalue weighted by atomic mass is 35.5. The third-order valence-electron chi connectivity index (χ3n) is 15.8. The molecule has 426 valence electrons. The molecule has 0 radical (unpaired) electrons. The Morgan fingerprint density at radius 3 is 0.923 bits per heavy atom. The summed E-state index contributed by atoms with van der Waals surface area (Å²) in [4.78, 5) is 38.6. The van der Waals surface area contributed by atoms with E-state index in [9.17, 15) is 46.0 Å². The fraction of sp³-hybridized carbons (Fsp3) is 0.688. The number of hydrogen-bond donors (Lipinski definition) is 12. The summed E-state index contributed by atoms with van der Waals surface area (Å²) < 4.78 is 21.5. The van der Waals surface area contributed by atoms with E-state index in [0.717, 1.165) is 38.5 Å². The molecule has 3 aliphatic carbocycles. The Labute approximate surface area is 461 Å². The topological polar surface area (TPSA) is 377 Å². The third kappa shape index (κ3) is 10.8. The van der Waals surface area contributed by atoms with E-state index in [2.05, 4.69) is 60.8 Å². The highest BCUT2D eigenvalue weighted by molar-refractivity contribution is 6.29. The molecular formula is C48H66Cl3N15O12. The average Bonchev–Trinajstić information content (AvgIpc) is 4.35. The first-order valence-corrected chi connectivity index (χ1v) is 27.4. The van der Waals surface area contributed by atoms with Crippen LogP contribution in [-0.4, -0.2) is 196 Å². The number of aromatic nitrogens is 12. The molecule has 0 spiro atoms. The number of aliphatic hydroxyl groups excluding tert-OH is 6. The molecule has 6 fully saturated rings. The SMILES string of the molecule is C[C@@]1(O)[C@H](O)[C@@H](CO)O[C@H]1n1cnc2c(NC3CCCC3)nc(Cl)nc21.C[C@@]1(O)[C@H](O)[C@@H](CO)O[C@H]1n1cnc2c(NC3CCCC3)nc(Cl)nc21.C[C@@]1(O)[C@H](O)[C@@H](CO)O[C@H]1n1cnc2c(NC3CCCC3)nc(Cl)nc21. The molecule has 12 rings (SSSR count). The quantitative estimate of drug-likeness (QED) is 0.0783. The van der Waals surface area contributed by atoms with Crippen molar-refractivity contribution in [1.82, 2.24) is 58.6 Å². The smallest absolute Gasteiger partial charge is 0.226 e. The first kappa shape index (κ1) is 56.7. The van der Waals surface area contributed by atoms with Gasteiger partial charge in [0, 0.05) is 18.1 Å². The molecule has 6 aliphatic rings. The summed E-state index contributed by atoms with van der Waals surface area (Å²) in [5.74, 6) is 1.63. The van der Waals surface area contributed by atoms with Crippen LogP contribution in [0.15, 0.2) is 19.0 Å². The van der Waals surface area contributed by atoms with Crippen molar-refractivity contribution in [1.29, 1.82) is 0 Å². The highest BCUT2D eigenvalue weighted by Crippen LogP contribution is 2.43. The Bertz CT molecular complexity index is 2740. The van der Waals surface area contributed by atoms with Gasteiger partial charge in [0.15, 0.2) is 69.6 Å². The maximum absolute atomic E-state index is 10.7. The van der Waals surface area contributed by atoms with Crippen LogP contribution in [-0.2, 0) is 14.2 Å². The number of halogens is 3. The minimum absolute atomic E-state index is 0.0524. The third-order valence-corrected chi connectivity index (χ3v) is 16.3. The molecule has 3 saturated carbocycles. The summed E-state index contributed by atoms with van der Waals surface area (Å²) in [6.45, 7) is 3.11. The molecule has 9 heterocycles. The second kappa shape index (κ2) is 22.8. The molecule has 27 nitrogen and oxygen atoms in total. The standard InChI is InChI=1S/3C16H22ClN5O4/c3*1-16(25)11(24)9(6-23)26-14(16)22-7-18-10-12(19-8-4-2-3-5-8)20-15(17)21-13(10)22/h3*7-9,11,14,23-25H,2-6H2,1H3,(H,19,20,21)/t3*9-,11-,14-,16-/m111/s1. The highest BCUT2D eigenvalue weighted by Gasteiger charge is 2.55. The Kier molecular flexibility index (Phi) is 16.5. The van der Waals surface area contributed by atoms with Crippen molar-refractivity contribution in [2.45, 2.75) is 188 Å². The normalized spacial score (nSPS) is 32.6. The largest absolute Gasteiger partial charge is 0.394 e. The maximum Gasteiger partial charge on any atom is 0.226 e. The second-order valence-corrected chi connectivity index (χ2v) is 22.5. The second-order valence-electron chi connectivity index (χ2n) is 21.5. The number of ether oxygens (including phenoxy) is 3. The summed E-state index contributed by atoms with van der Waals surface area (Å²) in [5.41, 5.74) is -2.16. The van der Waals surface area contributed by atoms with Gasteiger partial charge >= 0.3 is 0 Å². The Hall–Kier alpha value is -4.56. The zero-order chi connectivity index (χ0) is 55.4. The molecule has 3 saturated heterocycles. The van der Waals surface area contributed by atoms with Crippen molar-refractivity contribution in [3.8, 4) is 0 Å². The van der Waals surface area contributed by atoms with E-state index in [4.69, 9.17) is 49.0 Å². The first-order valence-electron chi connectivity index (χ1n) is 26.2. The Morgan fingerprint density at radius 1 is 0.462 bits per heavy atom. The zero-order valence-corrected chi connectivity index (χ0v) is 45.3. The van der Waals surface area contributed by atoms with Crippen LogP contribution in [0.1, 0.15) is 117 Å². The minimum Gasteiger partial charge on any atom is -0.394 e. The number of nitrogens with one attached hydrogen (secondary N) is 3. The summed E-state index contributed by atoms with van der Waals surface area (Å²) in [7, 11) is 0. The van der Waals surface area contributed by atoms with Crippen LogP contribution in [0.25, 0.3) is 33.5 Å². The van der Waals surface area contributed by atoms with E-state index in [1.54, 1.807) is 0 Å². The fourth-order valence-corrected chi connectivity index (χ4v) is 11.9. The number of rotatable bonds is 12.